The molecule has 1 aromatic carbocycles. The fourth-order valence-electron chi connectivity index (χ4n) is 1.37. The predicted octanol–water partition coefficient (Wildman–Crippen LogP) is 2.18. The Kier molecular flexibility index (Phi) is 3.18. The number of ketones is 1. The molecular weight excluding hydrogens is 226 g/mol. The minimum Gasteiger partial charge on any atom is -0.294 e. The Bertz CT molecular complexity index is 543. The van der Waals surface area contributed by atoms with Crippen LogP contribution in [0.2, 0.25) is 0 Å². The van der Waals surface area contributed by atoms with Gasteiger partial charge in [-0.05, 0) is 24.3 Å². The van der Waals surface area contributed by atoms with Crippen molar-refractivity contribution in [1.29, 1.82) is 0 Å². The third kappa shape index (κ3) is 2.69. The Labute approximate surface area is 96.2 Å². The number of hydrogen-bond donors (Lipinski definition) is 0. The second-order valence-electron chi connectivity index (χ2n) is 3.39. The Balaban J connectivity index is 2.23. The lowest BCUT2D eigenvalue weighted by Gasteiger charge is -2.01. The van der Waals surface area contributed by atoms with Crippen molar-refractivity contribution in [2.45, 2.75) is 6.42 Å². The summed E-state index contributed by atoms with van der Waals surface area (Å²) in [5, 5.41) is 0. The van der Waals surface area contributed by atoms with Gasteiger partial charge < -0.3 is 0 Å². The largest absolute Gasteiger partial charge is 0.294 e. The first-order valence-electron chi connectivity index (χ1n) is 4.91. The molecule has 0 spiro atoms. The molecule has 1 heterocycles. The van der Waals surface area contributed by atoms with Gasteiger partial charge in [0.25, 0.3) is 0 Å². The molecule has 0 saturated heterocycles. The van der Waals surface area contributed by atoms with E-state index in [-0.39, 0.29) is 17.8 Å². The summed E-state index contributed by atoms with van der Waals surface area (Å²) >= 11 is 0. The van der Waals surface area contributed by atoms with Crippen molar-refractivity contribution in [3.05, 3.63) is 59.7 Å². The van der Waals surface area contributed by atoms with Crippen LogP contribution in [-0.4, -0.2) is 15.8 Å². The molecule has 0 fully saturated rings. The number of benzene rings is 1. The van der Waals surface area contributed by atoms with E-state index < -0.39 is 17.4 Å². The summed E-state index contributed by atoms with van der Waals surface area (Å²) in [7, 11) is 0. The summed E-state index contributed by atoms with van der Waals surface area (Å²) in [6, 6.07) is 4.37. The average Bonchev–Trinajstić information content (AvgIpc) is 2.33. The lowest BCUT2D eigenvalue weighted by molar-refractivity contribution is 0.0986. The predicted molar refractivity (Wildman–Crippen MR) is 56.4 cm³/mol. The van der Waals surface area contributed by atoms with E-state index in [9.17, 15) is 13.6 Å². The standard InChI is InChI=1S/C12H8F2N2O/c13-8-2-3-10(14)9(6-8)11(17)7-12-15-4-1-5-16-12/h1-6H,7H2. The van der Waals surface area contributed by atoms with Crippen LogP contribution >= 0.6 is 0 Å². The first-order chi connectivity index (χ1) is 8.16. The molecular formula is C12H8F2N2O. The van der Waals surface area contributed by atoms with Crippen LogP contribution in [0.25, 0.3) is 0 Å². The van der Waals surface area contributed by atoms with Gasteiger partial charge in [-0.25, -0.2) is 18.7 Å². The number of hydrogen-bond acceptors (Lipinski definition) is 3. The van der Waals surface area contributed by atoms with E-state index in [2.05, 4.69) is 9.97 Å². The van der Waals surface area contributed by atoms with Gasteiger partial charge in [-0.15, -0.1) is 0 Å². The highest BCUT2D eigenvalue weighted by Crippen LogP contribution is 2.12. The van der Waals surface area contributed by atoms with Crippen LogP contribution in [0.4, 0.5) is 8.78 Å². The van der Waals surface area contributed by atoms with Crippen LogP contribution in [0, 0.1) is 11.6 Å². The molecule has 0 radical (unpaired) electrons. The summed E-state index contributed by atoms with van der Waals surface area (Å²) in [6.07, 6.45) is 2.82. The Morgan fingerprint density at radius 1 is 1.18 bits per heavy atom. The van der Waals surface area contributed by atoms with Gasteiger partial charge in [0.2, 0.25) is 0 Å². The van der Waals surface area contributed by atoms with Crippen molar-refractivity contribution in [2.24, 2.45) is 0 Å². The highest BCUT2D eigenvalue weighted by atomic mass is 19.1. The summed E-state index contributed by atoms with van der Waals surface area (Å²) in [6.45, 7) is 0. The highest BCUT2D eigenvalue weighted by Gasteiger charge is 2.14. The maximum atomic E-state index is 13.3. The van der Waals surface area contributed by atoms with E-state index in [0.29, 0.717) is 0 Å². The van der Waals surface area contributed by atoms with Crippen molar-refractivity contribution >= 4 is 5.78 Å². The van der Waals surface area contributed by atoms with E-state index in [1.165, 1.54) is 12.4 Å². The first-order valence-corrected chi connectivity index (χ1v) is 4.91. The van der Waals surface area contributed by atoms with Gasteiger partial charge >= 0.3 is 0 Å². The Morgan fingerprint density at radius 3 is 2.59 bits per heavy atom. The van der Waals surface area contributed by atoms with Gasteiger partial charge in [-0.3, -0.25) is 4.79 Å². The van der Waals surface area contributed by atoms with E-state index in [0.717, 1.165) is 18.2 Å². The molecule has 0 atom stereocenters. The van der Waals surface area contributed by atoms with Crippen LogP contribution in [0.3, 0.4) is 0 Å². The third-order valence-corrected chi connectivity index (χ3v) is 2.17. The smallest absolute Gasteiger partial charge is 0.173 e. The monoisotopic (exact) mass is 234 g/mol. The van der Waals surface area contributed by atoms with E-state index >= 15 is 0 Å². The summed E-state index contributed by atoms with van der Waals surface area (Å²) in [4.78, 5) is 19.4. The molecule has 0 aliphatic heterocycles. The minimum absolute atomic E-state index is 0.152. The van der Waals surface area contributed by atoms with Gasteiger partial charge in [0.1, 0.15) is 17.5 Å². The number of carbonyl (C=O) groups is 1. The lowest BCUT2D eigenvalue weighted by atomic mass is 10.1. The van der Waals surface area contributed by atoms with Crippen molar-refractivity contribution in [3.8, 4) is 0 Å². The summed E-state index contributed by atoms with van der Waals surface area (Å²) < 4.78 is 26.2. The quantitative estimate of drug-likeness (QED) is 0.764. The summed E-state index contributed by atoms with van der Waals surface area (Å²) in [5.74, 6) is -1.66. The second kappa shape index (κ2) is 4.78. The summed E-state index contributed by atoms with van der Waals surface area (Å²) in [5.41, 5.74) is -0.280. The number of rotatable bonds is 3. The van der Waals surface area contributed by atoms with Crippen LogP contribution in [-0.2, 0) is 6.42 Å². The molecule has 0 saturated carbocycles. The molecule has 2 aromatic rings. The minimum atomic E-state index is -0.743. The molecule has 0 aliphatic rings. The van der Waals surface area contributed by atoms with E-state index in [1.54, 1.807) is 6.07 Å². The van der Waals surface area contributed by atoms with E-state index in [1.807, 2.05) is 0 Å². The fraction of sp³-hybridized carbons (Fsp3) is 0.0833. The molecule has 0 aliphatic carbocycles. The van der Waals surface area contributed by atoms with E-state index in [4.69, 9.17) is 0 Å². The molecule has 5 heteroatoms. The van der Waals surface area contributed by atoms with Crippen molar-refractivity contribution < 1.29 is 13.6 Å². The van der Waals surface area contributed by atoms with Gasteiger partial charge in [0.15, 0.2) is 5.78 Å². The molecule has 86 valence electrons. The Morgan fingerprint density at radius 2 is 1.88 bits per heavy atom. The Hall–Kier alpha value is -2.17. The second-order valence-corrected chi connectivity index (χ2v) is 3.39. The van der Waals surface area contributed by atoms with Crippen LogP contribution in [0.15, 0.2) is 36.7 Å². The molecule has 0 bridgehead atoms. The number of aromatic nitrogens is 2. The van der Waals surface area contributed by atoms with Crippen molar-refractivity contribution in [3.63, 3.8) is 0 Å². The van der Waals surface area contributed by atoms with Crippen LogP contribution < -0.4 is 0 Å². The average molecular weight is 234 g/mol. The molecule has 0 amide bonds. The number of Topliss-reactive ketones (excluding diaryl/α,β-unsaturated/α-hetero) is 1. The van der Waals surface area contributed by atoms with Crippen LogP contribution in [0.1, 0.15) is 16.2 Å². The molecule has 1 aromatic heterocycles. The number of halogens is 2. The fourth-order valence-corrected chi connectivity index (χ4v) is 1.37. The van der Waals surface area contributed by atoms with Gasteiger partial charge in [0.05, 0.1) is 12.0 Å². The lowest BCUT2D eigenvalue weighted by Crippen LogP contribution is -2.09. The zero-order valence-electron chi connectivity index (χ0n) is 8.73. The zero-order chi connectivity index (χ0) is 12.3. The third-order valence-electron chi connectivity index (χ3n) is 2.17. The van der Waals surface area contributed by atoms with Gasteiger partial charge in [-0.2, -0.15) is 0 Å². The molecule has 0 N–H and O–H groups in total. The number of carbonyl (C=O) groups excluding carboxylic acids is 1. The maximum absolute atomic E-state index is 13.3. The maximum Gasteiger partial charge on any atom is 0.173 e. The van der Waals surface area contributed by atoms with Crippen molar-refractivity contribution in [2.75, 3.05) is 0 Å². The van der Waals surface area contributed by atoms with Gasteiger partial charge in [-0.1, -0.05) is 0 Å². The zero-order valence-corrected chi connectivity index (χ0v) is 8.73. The van der Waals surface area contributed by atoms with Crippen LogP contribution in [0.5, 0.6) is 0 Å². The highest BCUT2D eigenvalue weighted by molar-refractivity contribution is 5.97. The SMILES string of the molecule is O=C(Cc1ncccn1)c1cc(F)ccc1F. The molecule has 0 unspecified atom stereocenters. The molecule has 2 rings (SSSR count). The van der Waals surface area contributed by atoms with Crippen molar-refractivity contribution in [1.82, 2.24) is 9.97 Å². The number of nitrogens with zero attached hydrogens (tertiary/aromatic N) is 2. The first kappa shape index (κ1) is 11.3. The molecule has 3 nitrogen and oxygen atoms in total. The molecule has 17 heavy (non-hydrogen) atoms. The topological polar surface area (TPSA) is 42.9 Å². The normalized spacial score (nSPS) is 10.2. The van der Waals surface area contributed by atoms with Gasteiger partial charge in [0, 0.05) is 12.4 Å².